The van der Waals surface area contributed by atoms with Gasteiger partial charge in [-0.1, -0.05) is 42.5 Å². The number of rotatable bonds is 7. The molecule has 0 bridgehead atoms. The van der Waals surface area contributed by atoms with Crippen LogP contribution in [0.3, 0.4) is 0 Å². The van der Waals surface area contributed by atoms with Crippen LogP contribution in [0.15, 0.2) is 82.8 Å². The summed E-state index contributed by atoms with van der Waals surface area (Å²) in [6, 6.07) is 16.4. The molecule has 164 valence electrons. The monoisotopic (exact) mass is 457 g/mol. The minimum atomic E-state index is -4.49. The van der Waals surface area contributed by atoms with E-state index in [2.05, 4.69) is 15.6 Å². The molecule has 32 heavy (non-hydrogen) atoms. The van der Waals surface area contributed by atoms with Crippen molar-refractivity contribution in [3.05, 3.63) is 95.2 Å². The number of benzene rings is 2. The van der Waals surface area contributed by atoms with Crippen LogP contribution in [-0.2, 0) is 17.5 Å². The van der Waals surface area contributed by atoms with Crippen molar-refractivity contribution in [1.29, 1.82) is 0 Å². The molecule has 0 unspecified atom stereocenters. The Morgan fingerprint density at radius 1 is 1.06 bits per heavy atom. The summed E-state index contributed by atoms with van der Waals surface area (Å²) in [6.45, 7) is 0.227. The van der Waals surface area contributed by atoms with Crippen molar-refractivity contribution in [3.8, 4) is 10.8 Å². The lowest BCUT2D eigenvalue weighted by molar-refractivity contribution is -0.137. The first-order valence-electron chi connectivity index (χ1n) is 9.65. The van der Waals surface area contributed by atoms with E-state index in [1.54, 1.807) is 24.3 Å². The van der Waals surface area contributed by atoms with Gasteiger partial charge in [0.2, 0.25) is 11.8 Å². The molecule has 4 rings (SSSR count). The third-order valence-corrected chi connectivity index (χ3v) is 5.48. The van der Waals surface area contributed by atoms with E-state index in [4.69, 9.17) is 4.42 Å². The molecule has 1 atom stereocenters. The van der Waals surface area contributed by atoms with E-state index in [0.717, 1.165) is 17.0 Å². The van der Waals surface area contributed by atoms with Crippen LogP contribution in [0.5, 0.6) is 0 Å². The highest BCUT2D eigenvalue weighted by Crippen LogP contribution is 2.31. The van der Waals surface area contributed by atoms with Gasteiger partial charge in [0, 0.05) is 12.2 Å². The molecule has 0 aliphatic rings. The van der Waals surface area contributed by atoms with Crippen molar-refractivity contribution in [2.24, 2.45) is 0 Å². The maximum atomic E-state index is 13.0. The standard InChI is InChI=1S/C23H18F3N3O2S/c24-23(25,26)16-8-4-9-17(12-16)28-21(30)20(15-6-2-1-3-7-15)27-13-18-14-31-22(29-18)19-10-5-11-32-19/h1-12,14,20,27H,13H2,(H,28,30)/t20-/m0/s1. The van der Waals surface area contributed by atoms with Crippen LogP contribution in [0.25, 0.3) is 10.8 Å². The Balaban J connectivity index is 1.50. The van der Waals surface area contributed by atoms with Gasteiger partial charge < -0.3 is 9.73 Å². The molecular formula is C23H18F3N3O2S. The first kappa shape index (κ1) is 21.8. The van der Waals surface area contributed by atoms with E-state index >= 15 is 0 Å². The highest BCUT2D eigenvalue weighted by Gasteiger charge is 2.30. The average Bonchev–Trinajstić information content (AvgIpc) is 3.46. The number of oxazole rings is 1. The molecule has 0 aliphatic carbocycles. The van der Waals surface area contributed by atoms with Gasteiger partial charge in [-0.05, 0) is 35.2 Å². The quantitative estimate of drug-likeness (QED) is 0.363. The Morgan fingerprint density at radius 3 is 2.59 bits per heavy atom. The normalized spacial score (nSPS) is 12.5. The van der Waals surface area contributed by atoms with Gasteiger partial charge in [-0.15, -0.1) is 11.3 Å². The van der Waals surface area contributed by atoms with Crippen molar-refractivity contribution in [2.75, 3.05) is 5.32 Å². The van der Waals surface area contributed by atoms with Gasteiger partial charge in [0.05, 0.1) is 16.1 Å². The zero-order valence-electron chi connectivity index (χ0n) is 16.6. The fourth-order valence-electron chi connectivity index (χ4n) is 3.10. The third kappa shape index (κ3) is 5.24. The number of alkyl halides is 3. The molecule has 0 radical (unpaired) electrons. The van der Waals surface area contributed by atoms with Crippen molar-refractivity contribution >= 4 is 22.9 Å². The second-order valence-electron chi connectivity index (χ2n) is 6.91. The molecule has 0 spiro atoms. The fourth-order valence-corrected chi connectivity index (χ4v) is 3.76. The number of nitrogens with one attached hydrogen (secondary N) is 2. The van der Waals surface area contributed by atoms with Crippen LogP contribution in [0.2, 0.25) is 0 Å². The summed E-state index contributed by atoms with van der Waals surface area (Å²) in [5.74, 6) is -0.000946. The number of hydrogen-bond donors (Lipinski definition) is 2. The number of aromatic nitrogens is 1. The van der Waals surface area contributed by atoms with Gasteiger partial charge in [-0.25, -0.2) is 4.98 Å². The molecule has 0 aliphatic heterocycles. The lowest BCUT2D eigenvalue weighted by Gasteiger charge is -2.19. The van der Waals surface area contributed by atoms with Gasteiger partial charge in [-0.2, -0.15) is 13.2 Å². The zero-order valence-corrected chi connectivity index (χ0v) is 17.4. The van der Waals surface area contributed by atoms with Crippen molar-refractivity contribution in [3.63, 3.8) is 0 Å². The van der Waals surface area contributed by atoms with Crippen LogP contribution >= 0.6 is 11.3 Å². The fraction of sp³-hybridized carbons (Fsp3) is 0.130. The summed E-state index contributed by atoms with van der Waals surface area (Å²) < 4.78 is 44.5. The molecule has 4 aromatic rings. The molecule has 5 nitrogen and oxygen atoms in total. The number of carbonyl (C=O) groups excluding carboxylic acids is 1. The SMILES string of the molecule is O=C(Nc1cccc(C(F)(F)F)c1)[C@@H](NCc1coc(-c2cccs2)n1)c1ccccc1. The van der Waals surface area contributed by atoms with Crippen LogP contribution in [0, 0.1) is 0 Å². The maximum absolute atomic E-state index is 13.0. The van der Waals surface area contributed by atoms with E-state index < -0.39 is 23.7 Å². The average molecular weight is 457 g/mol. The summed E-state index contributed by atoms with van der Waals surface area (Å²) in [5, 5.41) is 7.61. The molecule has 2 aromatic carbocycles. The predicted octanol–water partition coefficient (Wildman–Crippen LogP) is 5.89. The molecular weight excluding hydrogens is 439 g/mol. The number of amides is 1. The molecule has 0 saturated carbocycles. The molecule has 0 saturated heterocycles. The lowest BCUT2D eigenvalue weighted by atomic mass is 10.1. The van der Waals surface area contributed by atoms with E-state index in [-0.39, 0.29) is 12.2 Å². The van der Waals surface area contributed by atoms with Crippen molar-refractivity contribution in [1.82, 2.24) is 10.3 Å². The Bertz CT molecular complexity index is 1170. The Hall–Kier alpha value is -3.43. The molecule has 1 amide bonds. The summed E-state index contributed by atoms with van der Waals surface area (Å²) in [7, 11) is 0. The molecule has 2 aromatic heterocycles. The van der Waals surface area contributed by atoms with Gasteiger partial charge in [-0.3, -0.25) is 10.1 Å². The topological polar surface area (TPSA) is 67.2 Å². The first-order valence-corrected chi connectivity index (χ1v) is 10.5. The Labute approximate surface area is 185 Å². The number of nitrogens with zero attached hydrogens (tertiary/aromatic N) is 1. The number of halogens is 3. The Morgan fingerprint density at radius 2 is 1.88 bits per heavy atom. The molecule has 2 N–H and O–H groups in total. The van der Waals surface area contributed by atoms with Gasteiger partial charge in [0.1, 0.15) is 12.3 Å². The Kier molecular flexibility index (Phi) is 6.38. The summed E-state index contributed by atoms with van der Waals surface area (Å²) in [6.07, 6.45) is -2.99. The lowest BCUT2D eigenvalue weighted by Crippen LogP contribution is -2.33. The largest absolute Gasteiger partial charge is 0.444 e. The minimum Gasteiger partial charge on any atom is -0.444 e. The van der Waals surface area contributed by atoms with Crippen molar-refractivity contribution in [2.45, 2.75) is 18.8 Å². The number of hydrogen-bond acceptors (Lipinski definition) is 5. The molecule has 9 heteroatoms. The van der Waals surface area contributed by atoms with Gasteiger partial charge in [0.25, 0.3) is 0 Å². The smallest absolute Gasteiger partial charge is 0.416 e. The van der Waals surface area contributed by atoms with Crippen LogP contribution in [0.1, 0.15) is 22.9 Å². The highest BCUT2D eigenvalue weighted by molar-refractivity contribution is 7.13. The van der Waals surface area contributed by atoms with Crippen LogP contribution in [-0.4, -0.2) is 10.9 Å². The summed E-state index contributed by atoms with van der Waals surface area (Å²) in [5.41, 5.74) is 0.498. The summed E-state index contributed by atoms with van der Waals surface area (Å²) in [4.78, 5) is 18.3. The summed E-state index contributed by atoms with van der Waals surface area (Å²) >= 11 is 1.50. The van der Waals surface area contributed by atoms with Crippen molar-refractivity contribution < 1.29 is 22.4 Å². The maximum Gasteiger partial charge on any atom is 0.416 e. The predicted molar refractivity (Wildman–Crippen MR) is 116 cm³/mol. The van der Waals surface area contributed by atoms with Crippen LogP contribution in [0.4, 0.5) is 18.9 Å². The third-order valence-electron chi connectivity index (χ3n) is 4.62. The van der Waals surface area contributed by atoms with E-state index in [9.17, 15) is 18.0 Å². The minimum absolute atomic E-state index is 0.0639. The first-order chi connectivity index (χ1) is 15.4. The van der Waals surface area contributed by atoms with Gasteiger partial charge >= 0.3 is 6.18 Å². The molecule has 0 fully saturated rings. The van der Waals surface area contributed by atoms with E-state index in [1.807, 2.05) is 23.6 Å². The second kappa shape index (κ2) is 9.37. The highest BCUT2D eigenvalue weighted by atomic mass is 32.1. The van der Waals surface area contributed by atoms with E-state index in [1.165, 1.54) is 29.7 Å². The van der Waals surface area contributed by atoms with Crippen LogP contribution < -0.4 is 10.6 Å². The second-order valence-corrected chi connectivity index (χ2v) is 7.86. The van der Waals surface area contributed by atoms with E-state index in [0.29, 0.717) is 17.1 Å². The van der Waals surface area contributed by atoms with Gasteiger partial charge in [0.15, 0.2) is 0 Å². The number of anilines is 1. The number of carbonyl (C=O) groups is 1. The number of thiophene rings is 1. The molecule has 2 heterocycles. The zero-order chi connectivity index (χ0) is 22.6.